The molecular formula is C25H33F3N8O6S. The van der Waals surface area contributed by atoms with E-state index in [1.54, 1.807) is 10.9 Å². The maximum atomic E-state index is 13.8. The first kappa shape index (κ1) is 31.4. The van der Waals surface area contributed by atoms with Crippen LogP contribution < -0.4 is 0 Å². The van der Waals surface area contributed by atoms with Gasteiger partial charge in [0.15, 0.2) is 17.5 Å². The predicted molar refractivity (Wildman–Crippen MR) is 143 cm³/mol. The molecule has 2 aliphatic heterocycles. The Labute approximate surface area is 245 Å². The monoisotopic (exact) mass is 630 g/mol. The topological polar surface area (TPSA) is 161 Å². The minimum Gasteiger partial charge on any atom is -0.394 e. The van der Waals surface area contributed by atoms with Crippen molar-refractivity contribution < 1.29 is 41.3 Å². The summed E-state index contributed by atoms with van der Waals surface area (Å²) in [6.45, 7) is 0.293. The van der Waals surface area contributed by atoms with Crippen LogP contribution in [0.15, 0.2) is 24.5 Å². The van der Waals surface area contributed by atoms with Gasteiger partial charge in [-0.2, -0.15) is 17.0 Å². The third kappa shape index (κ3) is 6.17. The molecule has 0 spiro atoms. The minimum atomic E-state index is -3.49. The summed E-state index contributed by atoms with van der Waals surface area (Å²) in [4.78, 5) is 0. The van der Waals surface area contributed by atoms with E-state index in [2.05, 4.69) is 20.6 Å². The lowest BCUT2D eigenvalue weighted by molar-refractivity contribution is -0.216. The number of nitrogens with zero attached hydrogens (tertiary/aromatic N) is 8. The maximum Gasteiger partial charge on any atom is 0.281 e. The zero-order valence-corrected chi connectivity index (χ0v) is 24.5. The Bertz CT molecular complexity index is 1510. The molecule has 0 bridgehead atoms. The van der Waals surface area contributed by atoms with Crippen molar-refractivity contribution in [1.29, 1.82) is 0 Å². The summed E-state index contributed by atoms with van der Waals surface area (Å²) in [7, 11) is 0.901. The van der Waals surface area contributed by atoms with Gasteiger partial charge in [-0.15, -0.1) is 10.2 Å². The second-order valence-electron chi connectivity index (χ2n) is 10.7. The van der Waals surface area contributed by atoms with Gasteiger partial charge in [-0.05, 0) is 25.0 Å². The van der Waals surface area contributed by atoms with Gasteiger partial charge in [-0.3, -0.25) is 0 Å². The Morgan fingerprint density at radius 2 is 1.74 bits per heavy atom. The van der Waals surface area contributed by atoms with Gasteiger partial charge in [0.25, 0.3) is 10.2 Å². The van der Waals surface area contributed by atoms with Crippen molar-refractivity contribution in [1.82, 2.24) is 38.6 Å². The van der Waals surface area contributed by atoms with E-state index in [0.29, 0.717) is 31.6 Å². The van der Waals surface area contributed by atoms with Gasteiger partial charge in [0.05, 0.1) is 25.0 Å². The van der Waals surface area contributed by atoms with E-state index in [1.807, 2.05) is 0 Å². The molecular weight excluding hydrogens is 597 g/mol. The molecule has 43 heavy (non-hydrogen) atoms. The van der Waals surface area contributed by atoms with Gasteiger partial charge in [0.2, 0.25) is 0 Å². The molecule has 0 saturated carbocycles. The number of rotatable bonds is 9. The average molecular weight is 631 g/mol. The Hall–Kier alpha value is -3.00. The number of hydrogen-bond acceptors (Lipinski definition) is 10. The Morgan fingerprint density at radius 3 is 2.35 bits per heavy atom. The van der Waals surface area contributed by atoms with Crippen molar-refractivity contribution in [2.45, 2.75) is 55.8 Å². The molecule has 2 aromatic heterocycles. The van der Waals surface area contributed by atoms with Crippen LogP contribution in [0.2, 0.25) is 0 Å². The molecule has 2 N–H and O–H groups in total. The highest BCUT2D eigenvalue weighted by Gasteiger charge is 2.47. The van der Waals surface area contributed by atoms with Gasteiger partial charge in [0, 0.05) is 52.0 Å². The van der Waals surface area contributed by atoms with Crippen LogP contribution in [0.4, 0.5) is 13.2 Å². The van der Waals surface area contributed by atoms with Crippen LogP contribution in [0.3, 0.4) is 0 Å². The third-order valence-corrected chi connectivity index (χ3v) is 9.85. The lowest BCUT2D eigenvalue weighted by atomic mass is 9.92. The smallest absolute Gasteiger partial charge is 0.281 e. The summed E-state index contributed by atoms with van der Waals surface area (Å²) in [6.07, 6.45) is 0.271. The van der Waals surface area contributed by atoms with E-state index in [-0.39, 0.29) is 23.7 Å². The van der Waals surface area contributed by atoms with Crippen LogP contribution in [0.5, 0.6) is 0 Å². The standard InChI is InChI=1S/C25H33F3N8O6S/c1-33(2)43(39,40)35-6-4-14(5-7-35)18-10-34(31-29-18)12-20-25(41-3)23(24(38)21(13-37)42-20)36-11-19(30-32-36)15-8-16(26)22(28)17(27)9-15/h8-11,14,20-21,23-25,37-38H,4-7,12-13H2,1-3H3/t20-,21-,23+,24+,25+/m1/s1. The molecule has 4 heterocycles. The Balaban J connectivity index is 1.33. The fourth-order valence-corrected chi connectivity index (χ4v) is 6.69. The number of piperidine rings is 1. The first-order valence-corrected chi connectivity index (χ1v) is 15.0. The summed E-state index contributed by atoms with van der Waals surface area (Å²) < 4.78 is 83.1. The van der Waals surface area contributed by atoms with Crippen LogP contribution >= 0.6 is 0 Å². The predicted octanol–water partition coefficient (Wildman–Crippen LogP) is 0.317. The summed E-state index contributed by atoms with van der Waals surface area (Å²) in [6, 6.07) is 0.629. The van der Waals surface area contributed by atoms with E-state index < -0.39 is 64.7 Å². The van der Waals surface area contributed by atoms with E-state index in [9.17, 15) is 31.8 Å². The number of halogens is 3. The number of aliphatic hydroxyl groups excluding tert-OH is 2. The molecule has 3 aromatic rings. The average Bonchev–Trinajstić information content (AvgIpc) is 3.66. The van der Waals surface area contributed by atoms with Crippen LogP contribution in [-0.4, -0.2) is 123 Å². The zero-order chi connectivity index (χ0) is 31.1. The van der Waals surface area contributed by atoms with Crippen molar-refractivity contribution >= 4 is 10.2 Å². The number of methoxy groups -OCH3 is 1. The summed E-state index contributed by atoms with van der Waals surface area (Å²) >= 11 is 0. The van der Waals surface area contributed by atoms with Crippen LogP contribution in [0, 0.1) is 17.5 Å². The number of ether oxygens (including phenoxy) is 2. The Kier molecular flexibility index (Phi) is 9.17. The highest BCUT2D eigenvalue weighted by Crippen LogP contribution is 2.34. The molecule has 236 valence electrons. The number of hydrogen-bond donors (Lipinski definition) is 2. The zero-order valence-electron chi connectivity index (χ0n) is 23.7. The molecule has 14 nitrogen and oxygen atoms in total. The highest BCUT2D eigenvalue weighted by atomic mass is 32.2. The summed E-state index contributed by atoms with van der Waals surface area (Å²) in [5.74, 6) is -4.38. The second-order valence-corrected chi connectivity index (χ2v) is 12.9. The first-order chi connectivity index (χ1) is 20.4. The number of benzene rings is 1. The third-order valence-electron chi connectivity index (χ3n) is 7.91. The first-order valence-electron chi connectivity index (χ1n) is 13.6. The van der Waals surface area contributed by atoms with Crippen LogP contribution in [0.1, 0.15) is 30.5 Å². The fraction of sp³-hybridized carbons (Fsp3) is 0.600. The minimum absolute atomic E-state index is 0.00215. The maximum absolute atomic E-state index is 13.8. The molecule has 0 radical (unpaired) electrons. The summed E-state index contributed by atoms with van der Waals surface area (Å²) in [5.41, 5.74) is 0.657. The van der Waals surface area contributed by atoms with Gasteiger partial charge < -0.3 is 19.7 Å². The molecule has 2 aliphatic rings. The Morgan fingerprint density at radius 1 is 1.07 bits per heavy atom. The van der Waals surface area contributed by atoms with E-state index in [0.717, 1.165) is 12.1 Å². The molecule has 2 fully saturated rings. The van der Waals surface area contributed by atoms with Gasteiger partial charge in [-0.1, -0.05) is 10.4 Å². The SMILES string of the molecule is CO[C@@H]1[C@@H](n2cc(-c3cc(F)c(F)c(F)c3)nn2)[C@@H](O)[C@@H](CO)O[C@@H]1Cn1cc(C2CCN(S(=O)(=O)N(C)C)CC2)nn1. The van der Waals surface area contributed by atoms with Gasteiger partial charge in [-0.25, -0.2) is 22.5 Å². The normalized spacial score (nSPS) is 25.9. The largest absolute Gasteiger partial charge is 0.394 e. The van der Waals surface area contributed by atoms with E-state index in [4.69, 9.17) is 9.47 Å². The van der Waals surface area contributed by atoms with Crippen molar-refractivity contribution in [3.63, 3.8) is 0 Å². The van der Waals surface area contributed by atoms with Gasteiger partial charge >= 0.3 is 0 Å². The second kappa shape index (κ2) is 12.5. The van der Waals surface area contributed by atoms with Crippen molar-refractivity contribution in [3.05, 3.63) is 47.7 Å². The molecule has 1 aromatic carbocycles. The fourth-order valence-electron chi connectivity index (χ4n) is 5.56. The van der Waals surface area contributed by atoms with E-state index >= 15 is 0 Å². The quantitative estimate of drug-likeness (QED) is 0.315. The summed E-state index contributed by atoms with van der Waals surface area (Å²) in [5, 5.41) is 37.5. The lowest BCUT2D eigenvalue weighted by Gasteiger charge is -2.43. The highest BCUT2D eigenvalue weighted by molar-refractivity contribution is 7.86. The van der Waals surface area contributed by atoms with Crippen molar-refractivity contribution in [2.75, 3.05) is 40.9 Å². The molecule has 2 saturated heterocycles. The van der Waals surface area contributed by atoms with Crippen LogP contribution in [-0.2, 0) is 26.2 Å². The van der Waals surface area contributed by atoms with Crippen LogP contribution in [0.25, 0.3) is 11.3 Å². The molecule has 0 aliphatic carbocycles. The molecule has 0 unspecified atom stereocenters. The van der Waals surface area contributed by atoms with Crippen molar-refractivity contribution in [2.24, 2.45) is 0 Å². The number of aromatic nitrogens is 6. The molecule has 0 amide bonds. The van der Waals surface area contributed by atoms with Crippen molar-refractivity contribution in [3.8, 4) is 11.3 Å². The van der Waals surface area contributed by atoms with E-state index in [1.165, 1.54) is 40.7 Å². The number of aliphatic hydroxyl groups is 2. The molecule has 5 rings (SSSR count). The lowest BCUT2D eigenvalue weighted by Crippen LogP contribution is -2.57. The molecule has 5 atom stereocenters. The molecule has 18 heteroatoms. The van der Waals surface area contributed by atoms with Gasteiger partial charge in [0.1, 0.15) is 36.2 Å².